The zero-order chi connectivity index (χ0) is 20.9. The molecule has 0 aromatic heterocycles. The van der Waals surface area contributed by atoms with Crippen molar-refractivity contribution in [1.82, 2.24) is 9.62 Å². The normalized spacial score (nSPS) is 18.8. The number of ether oxygens (including phenoxy) is 1. The van der Waals surface area contributed by atoms with Crippen LogP contribution in [0.4, 0.5) is 0 Å². The Morgan fingerprint density at radius 3 is 2.52 bits per heavy atom. The number of hydrogen-bond donors (Lipinski definition) is 1. The molecule has 3 rings (SSSR count). The molecule has 0 bridgehead atoms. The van der Waals surface area contributed by atoms with Crippen LogP contribution in [0.2, 0.25) is 0 Å². The summed E-state index contributed by atoms with van der Waals surface area (Å²) in [5.74, 6) is 0.178. The van der Waals surface area contributed by atoms with Gasteiger partial charge in [0.1, 0.15) is 5.75 Å². The Bertz CT molecular complexity index is 914. The van der Waals surface area contributed by atoms with Crippen LogP contribution >= 0.6 is 0 Å². The van der Waals surface area contributed by atoms with Gasteiger partial charge in [0.15, 0.2) is 0 Å². The third kappa shape index (κ3) is 5.16. The molecule has 6 nitrogen and oxygen atoms in total. The molecule has 1 N–H and O–H groups in total. The fourth-order valence-corrected chi connectivity index (χ4v) is 5.08. The quantitative estimate of drug-likeness (QED) is 0.751. The summed E-state index contributed by atoms with van der Waals surface area (Å²) in [5, 5.41) is 3.02. The summed E-state index contributed by atoms with van der Waals surface area (Å²) in [6.07, 6.45) is 1.34. The second-order valence-corrected chi connectivity index (χ2v) is 9.19. The highest BCUT2D eigenvalue weighted by Gasteiger charge is 2.33. The maximum atomic E-state index is 13.0. The van der Waals surface area contributed by atoms with E-state index in [9.17, 15) is 13.2 Å². The fraction of sp³-hybridized carbons (Fsp3) is 0.409. The summed E-state index contributed by atoms with van der Waals surface area (Å²) >= 11 is 0. The molecular formula is C22H28N2O4S. The standard InChI is InChI=1S/C22H28N2O4S/c1-3-28-20-11-13-21(14-12-20)29(26,27)24-15-7-10-19(16-24)22(25)23-17(2)18-8-5-4-6-9-18/h4-6,8-9,11-14,17,19H,3,7,10,15-16H2,1-2H3,(H,23,25)/t17-,19-/m1/s1. The van der Waals surface area contributed by atoms with Gasteiger partial charge in [0.05, 0.1) is 23.5 Å². The zero-order valence-corrected chi connectivity index (χ0v) is 17.7. The lowest BCUT2D eigenvalue weighted by Gasteiger charge is -2.32. The molecule has 2 aromatic carbocycles. The molecule has 0 spiro atoms. The molecule has 1 aliphatic heterocycles. The molecule has 1 aliphatic rings. The van der Waals surface area contributed by atoms with Crippen LogP contribution in [0.5, 0.6) is 5.75 Å². The molecule has 0 unspecified atom stereocenters. The highest BCUT2D eigenvalue weighted by Crippen LogP contribution is 2.26. The number of nitrogens with one attached hydrogen (secondary N) is 1. The first-order valence-electron chi connectivity index (χ1n) is 10.00. The van der Waals surface area contributed by atoms with Gasteiger partial charge in [-0.15, -0.1) is 0 Å². The summed E-state index contributed by atoms with van der Waals surface area (Å²) < 4.78 is 32.8. The highest BCUT2D eigenvalue weighted by atomic mass is 32.2. The first kappa shape index (κ1) is 21.3. The van der Waals surface area contributed by atoms with Gasteiger partial charge < -0.3 is 10.1 Å². The van der Waals surface area contributed by atoms with Crippen LogP contribution in [0.3, 0.4) is 0 Å². The Kier molecular flexibility index (Phi) is 6.92. The average molecular weight is 417 g/mol. The van der Waals surface area contributed by atoms with E-state index in [-0.39, 0.29) is 29.3 Å². The summed E-state index contributed by atoms with van der Waals surface area (Å²) in [5.41, 5.74) is 1.02. The van der Waals surface area contributed by atoms with Crippen LogP contribution in [0.25, 0.3) is 0 Å². The van der Waals surface area contributed by atoms with Gasteiger partial charge >= 0.3 is 0 Å². The van der Waals surface area contributed by atoms with Crippen LogP contribution in [0, 0.1) is 5.92 Å². The van der Waals surface area contributed by atoms with Gasteiger partial charge in [-0.05, 0) is 56.5 Å². The average Bonchev–Trinajstić information content (AvgIpc) is 2.75. The molecule has 0 radical (unpaired) electrons. The van der Waals surface area contributed by atoms with Crippen molar-refractivity contribution in [2.45, 2.75) is 37.6 Å². The first-order valence-corrected chi connectivity index (χ1v) is 11.4. The van der Waals surface area contributed by atoms with Crippen LogP contribution in [-0.2, 0) is 14.8 Å². The number of carbonyl (C=O) groups is 1. The summed E-state index contributed by atoms with van der Waals surface area (Å²) in [7, 11) is -3.64. The molecule has 2 aromatic rings. The fourth-order valence-electron chi connectivity index (χ4n) is 3.55. The van der Waals surface area contributed by atoms with Gasteiger partial charge in [-0.3, -0.25) is 4.79 Å². The molecule has 0 saturated carbocycles. The van der Waals surface area contributed by atoms with E-state index in [1.54, 1.807) is 24.3 Å². The lowest BCUT2D eigenvalue weighted by Crippen LogP contribution is -2.45. The minimum atomic E-state index is -3.64. The van der Waals surface area contributed by atoms with E-state index < -0.39 is 10.0 Å². The lowest BCUT2D eigenvalue weighted by atomic mass is 9.98. The van der Waals surface area contributed by atoms with E-state index in [2.05, 4.69) is 5.32 Å². The third-order valence-corrected chi connectivity index (χ3v) is 7.07. The number of rotatable bonds is 7. The van der Waals surface area contributed by atoms with Crippen molar-refractivity contribution in [3.05, 3.63) is 60.2 Å². The van der Waals surface area contributed by atoms with Crippen molar-refractivity contribution in [2.24, 2.45) is 5.92 Å². The van der Waals surface area contributed by atoms with Crippen LogP contribution in [0.1, 0.15) is 38.3 Å². The van der Waals surface area contributed by atoms with Gasteiger partial charge in [0.25, 0.3) is 0 Å². The minimum Gasteiger partial charge on any atom is -0.494 e. The van der Waals surface area contributed by atoms with Crippen LogP contribution < -0.4 is 10.1 Å². The monoisotopic (exact) mass is 416 g/mol. The van der Waals surface area contributed by atoms with E-state index in [1.807, 2.05) is 44.2 Å². The van der Waals surface area contributed by atoms with Crippen molar-refractivity contribution < 1.29 is 17.9 Å². The van der Waals surface area contributed by atoms with Crippen molar-refractivity contribution in [1.29, 1.82) is 0 Å². The molecule has 1 amide bonds. The number of amides is 1. The van der Waals surface area contributed by atoms with Gasteiger partial charge in [-0.2, -0.15) is 4.31 Å². The first-order chi connectivity index (χ1) is 13.9. The second-order valence-electron chi connectivity index (χ2n) is 7.25. The van der Waals surface area contributed by atoms with E-state index in [0.29, 0.717) is 31.7 Å². The van der Waals surface area contributed by atoms with Gasteiger partial charge in [0, 0.05) is 13.1 Å². The molecule has 29 heavy (non-hydrogen) atoms. The molecule has 1 heterocycles. The number of piperidine rings is 1. The van der Waals surface area contributed by atoms with Crippen LogP contribution in [-0.4, -0.2) is 38.3 Å². The molecule has 0 aliphatic carbocycles. The maximum absolute atomic E-state index is 13.0. The zero-order valence-electron chi connectivity index (χ0n) is 16.9. The lowest BCUT2D eigenvalue weighted by molar-refractivity contribution is -0.126. The Hall–Kier alpha value is -2.38. The number of hydrogen-bond acceptors (Lipinski definition) is 4. The Morgan fingerprint density at radius 2 is 1.86 bits per heavy atom. The number of benzene rings is 2. The third-order valence-electron chi connectivity index (χ3n) is 5.19. The second kappa shape index (κ2) is 9.41. The Balaban J connectivity index is 1.66. The van der Waals surface area contributed by atoms with Gasteiger partial charge in [0.2, 0.25) is 15.9 Å². The van der Waals surface area contributed by atoms with Crippen molar-refractivity contribution in [2.75, 3.05) is 19.7 Å². The highest BCUT2D eigenvalue weighted by molar-refractivity contribution is 7.89. The Morgan fingerprint density at radius 1 is 1.17 bits per heavy atom. The predicted molar refractivity (Wildman–Crippen MR) is 112 cm³/mol. The van der Waals surface area contributed by atoms with Crippen molar-refractivity contribution >= 4 is 15.9 Å². The van der Waals surface area contributed by atoms with Gasteiger partial charge in [-0.1, -0.05) is 30.3 Å². The molecule has 7 heteroatoms. The summed E-state index contributed by atoms with van der Waals surface area (Å²) in [4.78, 5) is 13.0. The molecule has 156 valence electrons. The predicted octanol–water partition coefficient (Wildman–Crippen LogP) is 3.36. The number of sulfonamides is 1. The van der Waals surface area contributed by atoms with Crippen molar-refractivity contribution in [3.8, 4) is 5.75 Å². The molecule has 1 fully saturated rings. The molecule has 2 atom stereocenters. The smallest absolute Gasteiger partial charge is 0.243 e. The summed E-state index contributed by atoms with van der Waals surface area (Å²) in [6, 6.07) is 16.0. The van der Waals surface area contributed by atoms with Crippen LogP contribution in [0.15, 0.2) is 59.5 Å². The van der Waals surface area contributed by atoms with E-state index in [0.717, 1.165) is 5.56 Å². The molecular weight excluding hydrogens is 388 g/mol. The number of carbonyl (C=O) groups excluding carboxylic acids is 1. The Labute approximate surface area is 172 Å². The molecule has 1 saturated heterocycles. The minimum absolute atomic E-state index is 0.104. The number of nitrogens with zero attached hydrogens (tertiary/aromatic N) is 1. The van der Waals surface area contributed by atoms with Crippen molar-refractivity contribution in [3.63, 3.8) is 0 Å². The van der Waals surface area contributed by atoms with E-state index in [4.69, 9.17) is 4.74 Å². The van der Waals surface area contributed by atoms with Gasteiger partial charge in [-0.25, -0.2) is 8.42 Å². The SMILES string of the molecule is CCOc1ccc(S(=O)(=O)N2CCC[C@@H](C(=O)N[C@H](C)c3ccccc3)C2)cc1. The maximum Gasteiger partial charge on any atom is 0.243 e. The van der Waals surface area contributed by atoms with E-state index in [1.165, 1.54) is 4.31 Å². The van der Waals surface area contributed by atoms with E-state index >= 15 is 0 Å². The largest absolute Gasteiger partial charge is 0.494 e. The summed E-state index contributed by atoms with van der Waals surface area (Å²) in [6.45, 7) is 4.96. The topological polar surface area (TPSA) is 75.7 Å².